The number of ether oxygens (including phenoxy) is 1. The van der Waals surface area contributed by atoms with Gasteiger partial charge in [0, 0.05) is 23.6 Å². The Kier molecular flexibility index (Phi) is 5.24. The largest absolute Gasteiger partial charge is 0.497 e. The second kappa shape index (κ2) is 7.14. The molecule has 0 saturated heterocycles. The number of hydrogen-bond acceptors (Lipinski definition) is 4. The molecule has 0 fully saturated rings. The number of amides is 2. The fourth-order valence-corrected chi connectivity index (χ4v) is 2.80. The van der Waals surface area contributed by atoms with Crippen LogP contribution in [0.25, 0.3) is 0 Å². The van der Waals surface area contributed by atoms with Crippen molar-refractivity contribution in [2.75, 3.05) is 19.4 Å². The maximum Gasteiger partial charge on any atom is 0.253 e. The van der Waals surface area contributed by atoms with E-state index in [1.165, 1.54) is 21.9 Å². The molecule has 0 atom stereocenters. The zero-order valence-electron chi connectivity index (χ0n) is 11.4. The number of carbonyl (C=O) groups excluding carboxylic acids is 2. The summed E-state index contributed by atoms with van der Waals surface area (Å²) in [4.78, 5) is 25.1. The molecule has 0 bridgehead atoms. The first-order valence-corrected chi connectivity index (χ1v) is 7.49. The minimum Gasteiger partial charge on any atom is -0.497 e. The number of benzene rings is 1. The highest BCUT2D eigenvalue weighted by Crippen LogP contribution is 2.22. The summed E-state index contributed by atoms with van der Waals surface area (Å²) in [6.07, 6.45) is 4.46. The molecule has 2 rings (SSSR count). The molecule has 0 spiro atoms. The fourth-order valence-electron chi connectivity index (χ4n) is 1.89. The first-order chi connectivity index (χ1) is 9.70. The van der Waals surface area contributed by atoms with E-state index in [2.05, 4.69) is 0 Å². The van der Waals surface area contributed by atoms with E-state index in [1.807, 2.05) is 24.3 Å². The van der Waals surface area contributed by atoms with Crippen molar-refractivity contribution >= 4 is 23.6 Å². The molecular formula is C15H17NO3S. The third-order valence-corrected chi connectivity index (χ3v) is 4.10. The highest BCUT2D eigenvalue weighted by Gasteiger charge is 2.22. The number of rotatable bonds is 7. The Morgan fingerprint density at radius 3 is 2.30 bits per heavy atom. The fraction of sp³-hybridized carbons (Fsp3) is 0.333. The van der Waals surface area contributed by atoms with E-state index < -0.39 is 0 Å². The molecule has 1 aromatic rings. The summed E-state index contributed by atoms with van der Waals surface area (Å²) in [5.41, 5.74) is 0. The Balaban J connectivity index is 1.64. The van der Waals surface area contributed by atoms with E-state index in [9.17, 15) is 9.59 Å². The van der Waals surface area contributed by atoms with Crippen LogP contribution in [0.4, 0.5) is 0 Å². The van der Waals surface area contributed by atoms with E-state index in [0.29, 0.717) is 6.54 Å². The molecule has 4 nitrogen and oxygen atoms in total. The first-order valence-electron chi connectivity index (χ1n) is 6.51. The normalized spacial score (nSPS) is 14.2. The zero-order valence-corrected chi connectivity index (χ0v) is 12.2. The smallest absolute Gasteiger partial charge is 0.253 e. The molecule has 2 amide bonds. The van der Waals surface area contributed by atoms with E-state index in [4.69, 9.17) is 4.74 Å². The van der Waals surface area contributed by atoms with Crippen molar-refractivity contribution in [2.45, 2.75) is 17.7 Å². The lowest BCUT2D eigenvalue weighted by Crippen LogP contribution is -2.30. The second-order valence-electron chi connectivity index (χ2n) is 4.39. The van der Waals surface area contributed by atoms with Gasteiger partial charge in [-0.2, -0.15) is 0 Å². The minimum atomic E-state index is -0.196. The molecule has 1 aromatic carbocycles. The van der Waals surface area contributed by atoms with E-state index in [0.717, 1.165) is 24.3 Å². The summed E-state index contributed by atoms with van der Waals surface area (Å²) >= 11 is 1.76. The van der Waals surface area contributed by atoms with Crippen LogP contribution in [0.3, 0.4) is 0 Å². The summed E-state index contributed by atoms with van der Waals surface area (Å²) in [6, 6.07) is 7.94. The predicted octanol–water partition coefficient (Wildman–Crippen LogP) is 2.49. The number of unbranched alkanes of at least 4 members (excludes halogenated alkanes) is 1. The summed E-state index contributed by atoms with van der Waals surface area (Å²) in [5.74, 6) is 1.43. The predicted molar refractivity (Wildman–Crippen MR) is 78.8 cm³/mol. The van der Waals surface area contributed by atoms with Crippen LogP contribution < -0.4 is 4.74 Å². The van der Waals surface area contributed by atoms with Gasteiger partial charge in [-0.3, -0.25) is 14.5 Å². The van der Waals surface area contributed by atoms with Crippen LogP contribution in [-0.4, -0.2) is 36.1 Å². The maximum absolute atomic E-state index is 11.3. The Hall–Kier alpha value is -1.75. The first kappa shape index (κ1) is 14.7. The Morgan fingerprint density at radius 2 is 1.70 bits per heavy atom. The average Bonchev–Trinajstić information content (AvgIpc) is 2.79. The minimum absolute atomic E-state index is 0.196. The standard InChI is InChI=1S/C15H17NO3S/c1-19-12-4-6-13(7-5-12)20-11-3-2-10-16-14(17)8-9-15(16)18/h4-9H,2-3,10-11H2,1H3. The van der Waals surface area contributed by atoms with E-state index in [1.54, 1.807) is 18.9 Å². The molecule has 0 unspecified atom stereocenters. The van der Waals surface area contributed by atoms with Crippen molar-refractivity contribution < 1.29 is 14.3 Å². The van der Waals surface area contributed by atoms with Gasteiger partial charge in [-0.25, -0.2) is 0 Å². The molecule has 106 valence electrons. The summed E-state index contributed by atoms with van der Waals surface area (Å²) < 4.78 is 5.10. The van der Waals surface area contributed by atoms with Gasteiger partial charge in [-0.05, 0) is 42.9 Å². The lowest BCUT2D eigenvalue weighted by atomic mass is 10.3. The van der Waals surface area contributed by atoms with Gasteiger partial charge < -0.3 is 4.74 Å². The van der Waals surface area contributed by atoms with Crippen molar-refractivity contribution in [3.63, 3.8) is 0 Å². The quantitative estimate of drug-likeness (QED) is 0.440. The van der Waals surface area contributed by atoms with Crippen LogP contribution in [0.5, 0.6) is 5.75 Å². The van der Waals surface area contributed by atoms with Crippen LogP contribution in [0.1, 0.15) is 12.8 Å². The Morgan fingerprint density at radius 1 is 1.05 bits per heavy atom. The summed E-state index contributed by atoms with van der Waals surface area (Å²) in [5, 5.41) is 0. The van der Waals surface area contributed by atoms with E-state index in [-0.39, 0.29) is 11.8 Å². The number of methoxy groups -OCH3 is 1. The van der Waals surface area contributed by atoms with Gasteiger partial charge in [-0.15, -0.1) is 11.8 Å². The average molecular weight is 291 g/mol. The zero-order chi connectivity index (χ0) is 14.4. The van der Waals surface area contributed by atoms with Crippen molar-refractivity contribution in [1.29, 1.82) is 0 Å². The van der Waals surface area contributed by atoms with Crippen LogP contribution >= 0.6 is 11.8 Å². The highest BCUT2D eigenvalue weighted by atomic mass is 32.2. The number of thioether (sulfide) groups is 1. The van der Waals surface area contributed by atoms with Crippen LogP contribution in [0.2, 0.25) is 0 Å². The van der Waals surface area contributed by atoms with Gasteiger partial charge in [0.05, 0.1) is 7.11 Å². The molecule has 0 aliphatic carbocycles. The highest BCUT2D eigenvalue weighted by molar-refractivity contribution is 7.99. The number of carbonyl (C=O) groups is 2. The van der Waals surface area contributed by atoms with Crippen LogP contribution in [0.15, 0.2) is 41.3 Å². The molecule has 0 saturated carbocycles. The summed E-state index contributed by atoms with van der Waals surface area (Å²) in [7, 11) is 1.65. The van der Waals surface area contributed by atoms with Gasteiger partial charge in [0.15, 0.2) is 0 Å². The van der Waals surface area contributed by atoms with E-state index >= 15 is 0 Å². The van der Waals surface area contributed by atoms with Crippen LogP contribution in [0, 0.1) is 0 Å². The monoisotopic (exact) mass is 291 g/mol. The number of imide groups is 1. The molecule has 20 heavy (non-hydrogen) atoms. The summed E-state index contributed by atoms with van der Waals surface area (Å²) in [6.45, 7) is 0.508. The molecule has 0 aromatic heterocycles. The van der Waals surface area contributed by atoms with Crippen molar-refractivity contribution in [1.82, 2.24) is 4.90 Å². The Bertz CT molecular complexity index is 492. The molecule has 1 aliphatic heterocycles. The van der Waals surface area contributed by atoms with Gasteiger partial charge in [-0.1, -0.05) is 0 Å². The second-order valence-corrected chi connectivity index (χ2v) is 5.56. The third kappa shape index (κ3) is 3.87. The third-order valence-electron chi connectivity index (χ3n) is 3.00. The van der Waals surface area contributed by atoms with Crippen molar-refractivity contribution in [2.24, 2.45) is 0 Å². The number of nitrogens with zero attached hydrogens (tertiary/aromatic N) is 1. The van der Waals surface area contributed by atoms with Gasteiger partial charge in [0.1, 0.15) is 5.75 Å². The molecule has 0 N–H and O–H groups in total. The van der Waals surface area contributed by atoms with Gasteiger partial charge >= 0.3 is 0 Å². The van der Waals surface area contributed by atoms with Crippen molar-refractivity contribution in [3.05, 3.63) is 36.4 Å². The molecule has 0 radical (unpaired) electrons. The van der Waals surface area contributed by atoms with Crippen LogP contribution in [-0.2, 0) is 9.59 Å². The lowest BCUT2D eigenvalue weighted by molar-refractivity contribution is -0.136. The number of hydrogen-bond donors (Lipinski definition) is 0. The molecule has 1 aliphatic rings. The Labute approximate surface area is 122 Å². The topological polar surface area (TPSA) is 46.6 Å². The lowest BCUT2D eigenvalue weighted by Gasteiger charge is -2.13. The molecular weight excluding hydrogens is 274 g/mol. The molecule has 1 heterocycles. The van der Waals surface area contributed by atoms with Crippen molar-refractivity contribution in [3.8, 4) is 5.75 Å². The molecule has 5 heteroatoms. The van der Waals surface area contributed by atoms with Gasteiger partial charge in [0.2, 0.25) is 0 Å². The SMILES string of the molecule is COc1ccc(SCCCCN2C(=O)C=CC2=O)cc1. The maximum atomic E-state index is 11.3. The van der Waals surface area contributed by atoms with Gasteiger partial charge in [0.25, 0.3) is 11.8 Å².